The van der Waals surface area contributed by atoms with Crippen LogP contribution in [0.3, 0.4) is 0 Å². The molecule has 0 heterocycles. The molecule has 0 atom stereocenters. The van der Waals surface area contributed by atoms with E-state index in [0.717, 1.165) is 22.3 Å². The SMILES string of the molecule is OOC(=C(c1ccccc1)c1ccccc1)c1ccccc1. The Bertz CT molecular complexity index is 706. The average molecular weight is 288 g/mol. The summed E-state index contributed by atoms with van der Waals surface area (Å²) < 4.78 is 0. The first-order chi connectivity index (χ1) is 10.9. The molecule has 0 aromatic heterocycles. The largest absolute Gasteiger partial charge is 0.339 e. The molecule has 2 nitrogen and oxygen atoms in total. The molecule has 0 aliphatic heterocycles. The molecule has 0 bridgehead atoms. The van der Waals surface area contributed by atoms with Crippen molar-refractivity contribution in [2.75, 3.05) is 0 Å². The lowest BCUT2D eigenvalue weighted by molar-refractivity contribution is -0.169. The predicted octanol–water partition coefficient (Wildman–Crippen LogP) is 5.09. The Morgan fingerprint density at radius 3 is 1.27 bits per heavy atom. The van der Waals surface area contributed by atoms with Gasteiger partial charge in [0, 0.05) is 11.1 Å². The van der Waals surface area contributed by atoms with E-state index in [1.54, 1.807) is 0 Å². The van der Waals surface area contributed by atoms with Crippen molar-refractivity contribution in [2.24, 2.45) is 0 Å². The van der Waals surface area contributed by atoms with E-state index in [-0.39, 0.29) is 0 Å². The summed E-state index contributed by atoms with van der Waals surface area (Å²) in [5.74, 6) is 0.443. The Morgan fingerprint density at radius 2 is 0.909 bits per heavy atom. The number of hydrogen-bond acceptors (Lipinski definition) is 2. The molecule has 3 rings (SSSR count). The number of rotatable bonds is 4. The van der Waals surface area contributed by atoms with Crippen LogP contribution >= 0.6 is 0 Å². The van der Waals surface area contributed by atoms with E-state index in [9.17, 15) is 5.26 Å². The monoisotopic (exact) mass is 288 g/mol. The van der Waals surface area contributed by atoms with Crippen LogP contribution in [0.25, 0.3) is 11.3 Å². The van der Waals surface area contributed by atoms with Crippen LogP contribution in [0.5, 0.6) is 0 Å². The first-order valence-corrected chi connectivity index (χ1v) is 7.12. The summed E-state index contributed by atoms with van der Waals surface area (Å²) in [7, 11) is 0. The van der Waals surface area contributed by atoms with Gasteiger partial charge >= 0.3 is 0 Å². The molecule has 108 valence electrons. The van der Waals surface area contributed by atoms with E-state index in [2.05, 4.69) is 0 Å². The molecule has 0 amide bonds. The maximum absolute atomic E-state index is 9.51. The third-order valence-electron chi connectivity index (χ3n) is 3.48. The molecule has 22 heavy (non-hydrogen) atoms. The van der Waals surface area contributed by atoms with Crippen LogP contribution in [-0.4, -0.2) is 5.26 Å². The van der Waals surface area contributed by atoms with E-state index < -0.39 is 0 Å². The summed E-state index contributed by atoms with van der Waals surface area (Å²) in [6.07, 6.45) is 0. The third kappa shape index (κ3) is 2.92. The average Bonchev–Trinajstić information content (AvgIpc) is 2.62. The maximum atomic E-state index is 9.51. The predicted molar refractivity (Wildman–Crippen MR) is 89.0 cm³/mol. The molecule has 0 saturated heterocycles. The molecule has 3 aromatic rings. The first-order valence-electron chi connectivity index (χ1n) is 7.12. The van der Waals surface area contributed by atoms with Crippen molar-refractivity contribution in [1.82, 2.24) is 0 Å². The molecular formula is C20H16O2. The number of benzene rings is 3. The summed E-state index contributed by atoms with van der Waals surface area (Å²) in [5, 5.41) is 9.51. The highest BCUT2D eigenvalue weighted by atomic mass is 17.1. The Labute approximate surface area is 129 Å². The number of hydrogen-bond donors (Lipinski definition) is 1. The summed E-state index contributed by atoms with van der Waals surface area (Å²) in [4.78, 5) is 4.79. The van der Waals surface area contributed by atoms with Gasteiger partial charge in [0.15, 0.2) is 5.76 Å². The Morgan fingerprint density at radius 1 is 0.545 bits per heavy atom. The van der Waals surface area contributed by atoms with Gasteiger partial charge in [-0.05, 0) is 11.1 Å². The van der Waals surface area contributed by atoms with Crippen molar-refractivity contribution in [2.45, 2.75) is 0 Å². The minimum atomic E-state index is 0.443. The van der Waals surface area contributed by atoms with Crippen LogP contribution in [-0.2, 0) is 4.89 Å². The van der Waals surface area contributed by atoms with Gasteiger partial charge in [-0.15, -0.1) is 0 Å². The lowest BCUT2D eigenvalue weighted by Crippen LogP contribution is -1.97. The second kappa shape index (κ2) is 6.74. The molecule has 0 aliphatic rings. The Hall–Kier alpha value is -2.84. The summed E-state index contributed by atoms with van der Waals surface area (Å²) in [5.41, 5.74) is 3.66. The standard InChI is InChI=1S/C20H16O2/c21-22-20(18-14-8-3-9-15-18)19(16-10-4-1-5-11-16)17-12-6-2-7-13-17/h1-15,21H. The zero-order chi connectivity index (χ0) is 15.2. The summed E-state index contributed by atoms with van der Waals surface area (Å²) >= 11 is 0. The molecule has 0 saturated carbocycles. The van der Waals surface area contributed by atoms with Crippen LogP contribution in [0.4, 0.5) is 0 Å². The van der Waals surface area contributed by atoms with Crippen molar-refractivity contribution in [3.63, 3.8) is 0 Å². The highest BCUT2D eigenvalue weighted by Crippen LogP contribution is 2.32. The smallest absolute Gasteiger partial charge is 0.180 e. The molecule has 2 heteroatoms. The van der Waals surface area contributed by atoms with Crippen LogP contribution in [0.2, 0.25) is 0 Å². The zero-order valence-corrected chi connectivity index (χ0v) is 12.0. The van der Waals surface area contributed by atoms with E-state index in [4.69, 9.17) is 4.89 Å². The van der Waals surface area contributed by atoms with Gasteiger partial charge in [-0.1, -0.05) is 91.0 Å². The van der Waals surface area contributed by atoms with Gasteiger partial charge in [-0.3, -0.25) is 0 Å². The molecular weight excluding hydrogens is 272 g/mol. The third-order valence-corrected chi connectivity index (χ3v) is 3.48. The summed E-state index contributed by atoms with van der Waals surface area (Å²) in [6, 6.07) is 29.4. The Kier molecular flexibility index (Phi) is 4.33. The van der Waals surface area contributed by atoms with Gasteiger partial charge in [0.05, 0.1) is 0 Å². The molecule has 1 N–H and O–H groups in total. The van der Waals surface area contributed by atoms with Crippen molar-refractivity contribution < 1.29 is 10.1 Å². The molecule has 0 radical (unpaired) electrons. The highest BCUT2D eigenvalue weighted by molar-refractivity contribution is 5.95. The van der Waals surface area contributed by atoms with Crippen molar-refractivity contribution in [3.05, 3.63) is 108 Å². The van der Waals surface area contributed by atoms with Gasteiger partial charge < -0.3 is 4.89 Å². The van der Waals surface area contributed by atoms with E-state index in [1.807, 2.05) is 91.0 Å². The molecule has 0 spiro atoms. The van der Waals surface area contributed by atoms with Gasteiger partial charge in [0.1, 0.15) is 0 Å². The normalized spacial score (nSPS) is 10.0. The lowest BCUT2D eigenvalue weighted by Gasteiger charge is -2.14. The van der Waals surface area contributed by atoms with Crippen LogP contribution < -0.4 is 0 Å². The van der Waals surface area contributed by atoms with Crippen LogP contribution in [0, 0.1) is 0 Å². The Balaban J connectivity index is 2.27. The van der Waals surface area contributed by atoms with Crippen molar-refractivity contribution in [3.8, 4) is 0 Å². The van der Waals surface area contributed by atoms with Crippen molar-refractivity contribution >= 4 is 11.3 Å². The fourth-order valence-electron chi connectivity index (χ4n) is 2.47. The fraction of sp³-hybridized carbons (Fsp3) is 0. The quantitative estimate of drug-likeness (QED) is 0.313. The molecule has 0 unspecified atom stereocenters. The van der Waals surface area contributed by atoms with Gasteiger partial charge in [-0.25, -0.2) is 5.26 Å². The molecule has 3 aromatic carbocycles. The second-order valence-corrected chi connectivity index (χ2v) is 4.89. The van der Waals surface area contributed by atoms with Gasteiger partial charge in [-0.2, -0.15) is 0 Å². The maximum Gasteiger partial charge on any atom is 0.180 e. The van der Waals surface area contributed by atoms with E-state index in [0.29, 0.717) is 5.76 Å². The highest BCUT2D eigenvalue weighted by Gasteiger charge is 2.15. The zero-order valence-electron chi connectivity index (χ0n) is 12.0. The van der Waals surface area contributed by atoms with Gasteiger partial charge in [0.25, 0.3) is 0 Å². The van der Waals surface area contributed by atoms with Crippen molar-refractivity contribution in [1.29, 1.82) is 0 Å². The molecule has 0 fully saturated rings. The minimum absolute atomic E-state index is 0.443. The van der Waals surface area contributed by atoms with Crippen LogP contribution in [0.1, 0.15) is 16.7 Å². The van der Waals surface area contributed by atoms with Crippen LogP contribution in [0.15, 0.2) is 91.0 Å². The minimum Gasteiger partial charge on any atom is -0.339 e. The van der Waals surface area contributed by atoms with Gasteiger partial charge in [0.2, 0.25) is 0 Å². The first kappa shape index (κ1) is 14.1. The fourth-order valence-corrected chi connectivity index (χ4v) is 2.47. The second-order valence-electron chi connectivity index (χ2n) is 4.89. The lowest BCUT2D eigenvalue weighted by atomic mass is 9.94. The topological polar surface area (TPSA) is 29.5 Å². The van der Waals surface area contributed by atoms with E-state index in [1.165, 1.54) is 0 Å². The van der Waals surface area contributed by atoms with E-state index >= 15 is 0 Å². The summed E-state index contributed by atoms with van der Waals surface area (Å²) in [6.45, 7) is 0. The molecule has 0 aliphatic carbocycles.